The third-order valence-electron chi connectivity index (χ3n) is 4.06. The molecule has 1 aromatic carbocycles. The molecule has 0 spiro atoms. The van der Waals surface area contributed by atoms with Crippen LogP contribution in [0.5, 0.6) is 0 Å². The van der Waals surface area contributed by atoms with E-state index in [-0.39, 0.29) is 18.1 Å². The summed E-state index contributed by atoms with van der Waals surface area (Å²) < 4.78 is 5.32. The third-order valence-corrected chi connectivity index (χ3v) is 4.06. The second-order valence-corrected chi connectivity index (χ2v) is 5.97. The number of aryl methyl sites for hydroxylation is 1. The molecule has 1 fully saturated rings. The summed E-state index contributed by atoms with van der Waals surface area (Å²) >= 11 is 0. The van der Waals surface area contributed by atoms with Crippen molar-refractivity contribution in [2.24, 2.45) is 0 Å². The molecule has 2 heterocycles. The number of pyridine rings is 1. The highest BCUT2D eigenvalue weighted by atomic mass is 16.6. The van der Waals surface area contributed by atoms with Gasteiger partial charge in [-0.2, -0.15) is 0 Å². The second-order valence-electron chi connectivity index (χ2n) is 5.97. The van der Waals surface area contributed by atoms with E-state index in [0.29, 0.717) is 19.5 Å². The lowest BCUT2D eigenvalue weighted by molar-refractivity contribution is -0.121. The molecular formula is C19H21N3O3. The number of cyclic esters (lactones) is 1. The summed E-state index contributed by atoms with van der Waals surface area (Å²) in [6.45, 7) is 0.777. The van der Waals surface area contributed by atoms with E-state index in [1.54, 1.807) is 11.1 Å². The Bertz CT molecular complexity index is 706. The minimum Gasteiger partial charge on any atom is -0.442 e. The number of carbonyl (C=O) groups excluding carboxylic acids is 2. The van der Waals surface area contributed by atoms with Gasteiger partial charge in [0.25, 0.3) is 0 Å². The highest BCUT2D eigenvalue weighted by Crippen LogP contribution is 2.20. The molecule has 6 nitrogen and oxygen atoms in total. The SMILES string of the molecule is O=C(CCCc1cccnc1)NCC1CN(c2ccccc2)C(=O)O1. The Kier molecular flexibility index (Phi) is 5.61. The Balaban J connectivity index is 1.39. The third kappa shape index (κ3) is 4.79. The average Bonchev–Trinajstić information content (AvgIpc) is 3.02. The predicted octanol–water partition coefficient (Wildman–Crippen LogP) is 2.55. The molecule has 0 bridgehead atoms. The van der Waals surface area contributed by atoms with Crippen LogP contribution < -0.4 is 10.2 Å². The summed E-state index contributed by atoms with van der Waals surface area (Å²) in [6, 6.07) is 13.3. The lowest BCUT2D eigenvalue weighted by Gasteiger charge is -2.12. The van der Waals surface area contributed by atoms with Gasteiger partial charge in [0.05, 0.1) is 13.1 Å². The summed E-state index contributed by atoms with van der Waals surface area (Å²) in [6.07, 6.45) is 4.88. The number of hydrogen-bond acceptors (Lipinski definition) is 4. The van der Waals surface area contributed by atoms with Crippen molar-refractivity contribution < 1.29 is 14.3 Å². The zero-order valence-corrected chi connectivity index (χ0v) is 13.9. The second kappa shape index (κ2) is 8.28. The number of para-hydroxylation sites is 1. The van der Waals surface area contributed by atoms with Gasteiger partial charge in [-0.1, -0.05) is 24.3 Å². The van der Waals surface area contributed by atoms with Crippen LogP contribution in [0, 0.1) is 0 Å². The average molecular weight is 339 g/mol. The van der Waals surface area contributed by atoms with Gasteiger partial charge in [-0.25, -0.2) is 4.79 Å². The maximum atomic E-state index is 11.9. The van der Waals surface area contributed by atoms with Gasteiger partial charge in [0.2, 0.25) is 5.91 Å². The largest absolute Gasteiger partial charge is 0.442 e. The Morgan fingerprint density at radius 1 is 1.24 bits per heavy atom. The van der Waals surface area contributed by atoms with Gasteiger partial charge in [-0.15, -0.1) is 0 Å². The maximum absolute atomic E-state index is 11.9. The van der Waals surface area contributed by atoms with Crippen LogP contribution in [0.25, 0.3) is 0 Å². The van der Waals surface area contributed by atoms with Gasteiger partial charge in [-0.05, 0) is 36.6 Å². The molecule has 0 radical (unpaired) electrons. The van der Waals surface area contributed by atoms with Crippen molar-refractivity contribution in [3.05, 3.63) is 60.4 Å². The number of rotatable bonds is 7. The van der Waals surface area contributed by atoms with Gasteiger partial charge in [0.15, 0.2) is 0 Å². The first-order valence-corrected chi connectivity index (χ1v) is 8.41. The van der Waals surface area contributed by atoms with Gasteiger partial charge < -0.3 is 10.1 Å². The molecule has 1 aromatic heterocycles. The molecule has 0 aliphatic carbocycles. The summed E-state index contributed by atoms with van der Waals surface area (Å²) in [5.74, 6) is -0.0295. The molecule has 2 amide bonds. The number of anilines is 1. The van der Waals surface area contributed by atoms with E-state index in [2.05, 4.69) is 10.3 Å². The van der Waals surface area contributed by atoms with Crippen LogP contribution in [0.15, 0.2) is 54.9 Å². The molecule has 0 saturated carbocycles. The molecule has 1 saturated heterocycles. The van der Waals surface area contributed by atoms with Crippen molar-refractivity contribution >= 4 is 17.7 Å². The summed E-state index contributed by atoms with van der Waals surface area (Å²) in [5, 5.41) is 2.84. The van der Waals surface area contributed by atoms with Crippen LogP contribution in [0.2, 0.25) is 0 Å². The van der Waals surface area contributed by atoms with Crippen LogP contribution >= 0.6 is 0 Å². The van der Waals surface area contributed by atoms with Crippen LogP contribution in [0.1, 0.15) is 18.4 Å². The Labute approximate surface area is 146 Å². The number of aromatic nitrogens is 1. The van der Waals surface area contributed by atoms with Crippen molar-refractivity contribution in [1.82, 2.24) is 10.3 Å². The van der Waals surface area contributed by atoms with E-state index in [4.69, 9.17) is 4.74 Å². The van der Waals surface area contributed by atoms with Gasteiger partial charge >= 0.3 is 6.09 Å². The fourth-order valence-electron chi connectivity index (χ4n) is 2.76. The minimum absolute atomic E-state index is 0.0295. The number of benzene rings is 1. The van der Waals surface area contributed by atoms with Gasteiger partial charge in [0, 0.05) is 24.5 Å². The number of nitrogens with one attached hydrogen (secondary N) is 1. The van der Waals surface area contributed by atoms with Crippen LogP contribution in [0.4, 0.5) is 10.5 Å². The maximum Gasteiger partial charge on any atom is 0.414 e. The van der Waals surface area contributed by atoms with Crippen molar-refractivity contribution in [3.8, 4) is 0 Å². The van der Waals surface area contributed by atoms with Crippen molar-refractivity contribution in [2.75, 3.05) is 18.0 Å². The topological polar surface area (TPSA) is 71.5 Å². The van der Waals surface area contributed by atoms with E-state index < -0.39 is 0 Å². The van der Waals surface area contributed by atoms with Crippen molar-refractivity contribution in [1.29, 1.82) is 0 Å². The monoisotopic (exact) mass is 339 g/mol. The van der Waals surface area contributed by atoms with Crippen molar-refractivity contribution in [3.63, 3.8) is 0 Å². The highest BCUT2D eigenvalue weighted by molar-refractivity contribution is 5.89. The van der Waals surface area contributed by atoms with Crippen LogP contribution in [-0.2, 0) is 16.0 Å². The molecule has 2 aromatic rings. The standard InChI is InChI=1S/C19H21N3O3/c23-18(10-4-6-15-7-5-11-20-12-15)21-13-17-14-22(19(24)25-17)16-8-2-1-3-9-16/h1-3,5,7-9,11-12,17H,4,6,10,13-14H2,(H,21,23). The number of hydrogen-bond donors (Lipinski definition) is 1. The van der Waals surface area contributed by atoms with Crippen LogP contribution in [0.3, 0.4) is 0 Å². The summed E-state index contributed by atoms with van der Waals surface area (Å²) in [4.78, 5) is 29.5. The van der Waals surface area contributed by atoms with E-state index in [1.807, 2.05) is 48.7 Å². The van der Waals surface area contributed by atoms with E-state index in [9.17, 15) is 9.59 Å². The number of amides is 2. The lowest BCUT2D eigenvalue weighted by atomic mass is 10.1. The fourth-order valence-corrected chi connectivity index (χ4v) is 2.76. The molecule has 1 atom stereocenters. The molecule has 1 aliphatic rings. The molecule has 25 heavy (non-hydrogen) atoms. The van der Waals surface area contributed by atoms with E-state index in [0.717, 1.165) is 24.1 Å². The predicted molar refractivity (Wildman–Crippen MR) is 94.2 cm³/mol. The molecule has 1 aliphatic heterocycles. The fraction of sp³-hybridized carbons (Fsp3) is 0.316. The van der Waals surface area contributed by atoms with E-state index >= 15 is 0 Å². The Morgan fingerprint density at radius 2 is 2.08 bits per heavy atom. The first-order valence-electron chi connectivity index (χ1n) is 8.41. The number of ether oxygens (including phenoxy) is 1. The molecule has 130 valence electrons. The molecule has 1 N–H and O–H groups in total. The summed E-state index contributed by atoms with van der Waals surface area (Å²) in [5.41, 5.74) is 1.93. The Morgan fingerprint density at radius 3 is 2.84 bits per heavy atom. The minimum atomic E-state index is -0.373. The zero-order valence-electron chi connectivity index (χ0n) is 13.9. The summed E-state index contributed by atoms with van der Waals surface area (Å²) in [7, 11) is 0. The number of nitrogens with zero attached hydrogens (tertiary/aromatic N) is 2. The Hall–Kier alpha value is -2.89. The molecular weight excluding hydrogens is 318 g/mol. The molecule has 6 heteroatoms. The van der Waals surface area contributed by atoms with Gasteiger partial charge in [-0.3, -0.25) is 14.7 Å². The zero-order chi connectivity index (χ0) is 17.5. The molecule has 3 rings (SSSR count). The lowest BCUT2D eigenvalue weighted by Crippen LogP contribution is -2.34. The van der Waals surface area contributed by atoms with Crippen molar-refractivity contribution in [2.45, 2.75) is 25.4 Å². The molecule has 1 unspecified atom stereocenters. The van der Waals surface area contributed by atoms with E-state index in [1.165, 1.54) is 0 Å². The smallest absolute Gasteiger partial charge is 0.414 e. The van der Waals surface area contributed by atoms with Gasteiger partial charge in [0.1, 0.15) is 6.10 Å². The number of carbonyl (C=O) groups is 2. The van der Waals surface area contributed by atoms with Crippen LogP contribution in [-0.4, -0.2) is 36.2 Å². The first-order chi connectivity index (χ1) is 12.2. The highest BCUT2D eigenvalue weighted by Gasteiger charge is 2.32. The normalized spacial score (nSPS) is 16.6. The first kappa shape index (κ1) is 17.0. The quantitative estimate of drug-likeness (QED) is 0.841.